The molecule has 0 aromatic carbocycles. The summed E-state index contributed by atoms with van der Waals surface area (Å²) in [7, 11) is 1.86. The van der Waals surface area contributed by atoms with E-state index >= 15 is 0 Å². The van der Waals surface area contributed by atoms with Crippen LogP contribution >= 0.6 is 0 Å². The first-order valence-corrected chi connectivity index (χ1v) is 9.14. The number of nitrogens with one attached hydrogen (secondary N) is 2. The lowest BCUT2D eigenvalue weighted by atomic mass is 9.86. The Morgan fingerprint density at radius 3 is 2.70 bits per heavy atom. The molecular formula is C17H29N5O. The fraction of sp³-hybridized carbons (Fsp3) is 0.824. The van der Waals surface area contributed by atoms with Crippen molar-refractivity contribution in [2.45, 2.75) is 63.7 Å². The number of hydrogen-bond donors (Lipinski definition) is 2. The fourth-order valence-electron chi connectivity index (χ4n) is 3.76. The summed E-state index contributed by atoms with van der Waals surface area (Å²) in [5, 5.41) is 10.8. The van der Waals surface area contributed by atoms with Crippen molar-refractivity contribution in [1.82, 2.24) is 20.1 Å². The molecule has 3 rings (SSSR count). The van der Waals surface area contributed by atoms with Crippen LogP contribution in [0.25, 0.3) is 0 Å². The molecule has 0 radical (unpaired) electrons. The van der Waals surface area contributed by atoms with Gasteiger partial charge in [0.1, 0.15) is 0 Å². The maximum absolute atomic E-state index is 12.2. The summed E-state index contributed by atoms with van der Waals surface area (Å²) in [4.78, 5) is 16.8. The monoisotopic (exact) mass is 319 g/mol. The molecule has 2 heterocycles. The molecule has 23 heavy (non-hydrogen) atoms. The Morgan fingerprint density at radius 2 is 1.96 bits per heavy atom. The molecule has 2 N–H and O–H groups in total. The van der Waals surface area contributed by atoms with Crippen LogP contribution in [0.1, 0.15) is 69.5 Å². The molecule has 1 aromatic rings. The largest absolute Gasteiger partial charge is 0.317 e. The molecule has 0 unspecified atom stereocenters. The van der Waals surface area contributed by atoms with Crippen molar-refractivity contribution in [3.8, 4) is 0 Å². The number of anilines is 1. The Hall–Kier alpha value is -1.43. The van der Waals surface area contributed by atoms with Gasteiger partial charge >= 0.3 is 0 Å². The normalized spacial score (nSPS) is 20.6. The van der Waals surface area contributed by atoms with Crippen LogP contribution in [0.4, 0.5) is 5.95 Å². The quantitative estimate of drug-likeness (QED) is 0.875. The number of carbonyl (C=O) groups excluding carboxylic acids is 1. The molecule has 128 valence electrons. The molecule has 1 aliphatic carbocycles. The van der Waals surface area contributed by atoms with Crippen molar-refractivity contribution in [3.05, 3.63) is 5.82 Å². The van der Waals surface area contributed by atoms with Gasteiger partial charge in [0.05, 0.1) is 0 Å². The second kappa shape index (κ2) is 7.90. The van der Waals surface area contributed by atoms with Crippen molar-refractivity contribution in [2.75, 3.05) is 18.4 Å². The van der Waals surface area contributed by atoms with Crippen molar-refractivity contribution < 1.29 is 4.79 Å². The van der Waals surface area contributed by atoms with E-state index in [9.17, 15) is 4.79 Å². The molecule has 1 saturated carbocycles. The van der Waals surface area contributed by atoms with Crippen molar-refractivity contribution in [2.24, 2.45) is 13.0 Å². The molecular weight excluding hydrogens is 290 g/mol. The van der Waals surface area contributed by atoms with Gasteiger partial charge in [0.25, 0.3) is 0 Å². The Labute approximate surface area is 138 Å². The predicted octanol–water partition coefficient (Wildman–Crippen LogP) is 2.58. The first-order chi connectivity index (χ1) is 11.2. The number of hydrogen-bond acceptors (Lipinski definition) is 4. The molecule has 2 aliphatic rings. The van der Waals surface area contributed by atoms with E-state index in [0.717, 1.165) is 44.1 Å². The summed E-state index contributed by atoms with van der Waals surface area (Å²) in [6.07, 6.45) is 10.3. The number of amides is 1. The van der Waals surface area contributed by atoms with Crippen LogP contribution < -0.4 is 10.6 Å². The number of nitrogens with zero attached hydrogens (tertiary/aromatic N) is 3. The summed E-state index contributed by atoms with van der Waals surface area (Å²) in [5.41, 5.74) is 0. The highest BCUT2D eigenvalue weighted by molar-refractivity contribution is 5.88. The van der Waals surface area contributed by atoms with E-state index in [4.69, 9.17) is 0 Å². The van der Waals surface area contributed by atoms with Crippen molar-refractivity contribution >= 4 is 11.9 Å². The van der Waals surface area contributed by atoms with Gasteiger partial charge in [-0.25, -0.2) is 4.68 Å². The summed E-state index contributed by atoms with van der Waals surface area (Å²) in [6, 6.07) is 0. The number of rotatable bonds is 5. The molecule has 1 aromatic heterocycles. The van der Waals surface area contributed by atoms with E-state index < -0.39 is 0 Å². The highest BCUT2D eigenvalue weighted by Crippen LogP contribution is 2.27. The van der Waals surface area contributed by atoms with Crippen LogP contribution in [0, 0.1) is 5.92 Å². The van der Waals surface area contributed by atoms with Crippen LogP contribution in [-0.4, -0.2) is 33.8 Å². The average Bonchev–Trinajstić information content (AvgIpc) is 2.95. The van der Waals surface area contributed by atoms with Gasteiger partial charge in [-0.05, 0) is 38.3 Å². The minimum absolute atomic E-state index is 0.0722. The highest BCUT2D eigenvalue weighted by atomic mass is 16.1. The number of aromatic nitrogens is 3. The van der Waals surface area contributed by atoms with Crippen molar-refractivity contribution in [1.29, 1.82) is 0 Å². The second-order valence-electron chi connectivity index (χ2n) is 7.03. The van der Waals surface area contributed by atoms with Gasteiger partial charge in [-0.15, -0.1) is 0 Å². The molecule has 0 atom stereocenters. The van der Waals surface area contributed by atoms with E-state index in [-0.39, 0.29) is 5.91 Å². The van der Waals surface area contributed by atoms with Gasteiger partial charge < -0.3 is 5.32 Å². The van der Waals surface area contributed by atoms with Crippen LogP contribution in [-0.2, 0) is 11.8 Å². The second-order valence-corrected chi connectivity index (χ2v) is 7.03. The number of aryl methyl sites for hydroxylation is 1. The van der Waals surface area contributed by atoms with Gasteiger partial charge in [-0.3, -0.25) is 10.1 Å². The van der Waals surface area contributed by atoms with Gasteiger partial charge in [0.15, 0.2) is 5.82 Å². The molecule has 1 amide bonds. The third kappa shape index (κ3) is 4.53. The zero-order valence-electron chi connectivity index (χ0n) is 14.2. The average molecular weight is 319 g/mol. The minimum Gasteiger partial charge on any atom is -0.317 e. The van der Waals surface area contributed by atoms with E-state index in [1.165, 1.54) is 32.1 Å². The molecule has 1 saturated heterocycles. The number of carbonyl (C=O) groups is 1. The fourth-order valence-corrected chi connectivity index (χ4v) is 3.76. The predicted molar refractivity (Wildman–Crippen MR) is 90.3 cm³/mol. The van der Waals surface area contributed by atoms with Crippen LogP contribution in [0.5, 0.6) is 0 Å². The van der Waals surface area contributed by atoms with Crippen LogP contribution in [0.2, 0.25) is 0 Å². The zero-order valence-corrected chi connectivity index (χ0v) is 14.2. The highest BCUT2D eigenvalue weighted by Gasteiger charge is 2.21. The topological polar surface area (TPSA) is 71.8 Å². The third-order valence-electron chi connectivity index (χ3n) is 5.24. The minimum atomic E-state index is 0.0722. The Balaban J connectivity index is 1.50. The van der Waals surface area contributed by atoms with Gasteiger partial charge in [-0.1, -0.05) is 32.1 Å². The Kier molecular flexibility index (Phi) is 5.65. The molecule has 2 fully saturated rings. The maximum Gasteiger partial charge on any atom is 0.227 e. The SMILES string of the molecule is Cn1nc(C2CCNCC2)nc1NC(=O)CCC1CCCCC1. The Bertz CT molecular complexity index is 515. The first kappa shape index (κ1) is 16.4. The van der Waals surface area contributed by atoms with E-state index in [1.807, 2.05) is 7.05 Å². The van der Waals surface area contributed by atoms with E-state index in [0.29, 0.717) is 18.3 Å². The lowest BCUT2D eigenvalue weighted by molar-refractivity contribution is -0.116. The lowest BCUT2D eigenvalue weighted by Crippen LogP contribution is -2.27. The molecule has 1 aliphatic heterocycles. The van der Waals surface area contributed by atoms with Gasteiger partial charge in [-0.2, -0.15) is 10.1 Å². The molecule has 0 bridgehead atoms. The summed E-state index contributed by atoms with van der Waals surface area (Å²) >= 11 is 0. The lowest BCUT2D eigenvalue weighted by Gasteiger charge is -2.20. The van der Waals surface area contributed by atoms with Gasteiger partial charge in [0.2, 0.25) is 11.9 Å². The van der Waals surface area contributed by atoms with Crippen LogP contribution in [0.3, 0.4) is 0 Å². The zero-order chi connectivity index (χ0) is 16.1. The smallest absolute Gasteiger partial charge is 0.227 e. The van der Waals surface area contributed by atoms with Crippen molar-refractivity contribution in [3.63, 3.8) is 0 Å². The maximum atomic E-state index is 12.2. The standard InChI is InChI=1S/C17H29N5O/c1-22-17(20-16(21-22)14-9-11-18-12-10-14)19-15(23)8-7-13-5-3-2-4-6-13/h13-14,18H,2-12H2,1H3,(H,19,20,21,23). The van der Waals surface area contributed by atoms with E-state index in [2.05, 4.69) is 20.7 Å². The summed E-state index contributed by atoms with van der Waals surface area (Å²) < 4.78 is 1.70. The molecule has 0 spiro atoms. The van der Waals surface area contributed by atoms with E-state index in [1.54, 1.807) is 4.68 Å². The first-order valence-electron chi connectivity index (χ1n) is 9.14. The van der Waals surface area contributed by atoms with Gasteiger partial charge in [0, 0.05) is 19.4 Å². The van der Waals surface area contributed by atoms with Crippen LogP contribution in [0.15, 0.2) is 0 Å². The number of piperidine rings is 1. The summed E-state index contributed by atoms with van der Waals surface area (Å²) in [5.74, 6) is 2.68. The third-order valence-corrected chi connectivity index (χ3v) is 5.24. The Morgan fingerprint density at radius 1 is 1.22 bits per heavy atom. The molecule has 6 nitrogen and oxygen atoms in total. The molecule has 6 heteroatoms. The summed E-state index contributed by atoms with van der Waals surface area (Å²) in [6.45, 7) is 2.04.